The van der Waals surface area contributed by atoms with E-state index in [9.17, 15) is 13.2 Å². The van der Waals surface area contributed by atoms with Gasteiger partial charge in [-0.05, 0) is 30.5 Å². The van der Waals surface area contributed by atoms with Crippen molar-refractivity contribution in [1.29, 1.82) is 0 Å². The standard InChI is InChI=1S/C13H18F3N3/c1-19(7-5-13(14,15)16)12-8-10(4-6-17-12)9-18-11-2-3-11/h4,6,8,11,18H,2-3,5,7,9H2,1H3. The molecular formula is C13H18F3N3. The second-order valence-corrected chi connectivity index (χ2v) is 4.96. The first kappa shape index (κ1) is 14.1. The van der Waals surface area contributed by atoms with E-state index in [1.807, 2.05) is 12.1 Å². The normalized spacial score (nSPS) is 15.6. The fourth-order valence-corrected chi connectivity index (χ4v) is 1.74. The Balaban J connectivity index is 1.88. The van der Waals surface area contributed by atoms with Crippen molar-refractivity contribution in [2.45, 2.75) is 38.0 Å². The average Bonchev–Trinajstić information content (AvgIpc) is 3.17. The van der Waals surface area contributed by atoms with Crippen LogP contribution in [0.15, 0.2) is 18.3 Å². The van der Waals surface area contributed by atoms with Gasteiger partial charge in [-0.25, -0.2) is 4.98 Å². The van der Waals surface area contributed by atoms with E-state index in [-0.39, 0.29) is 6.54 Å². The van der Waals surface area contributed by atoms with E-state index in [0.717, 1.165) is 12.1 Å². The quantitative estimate of drug-likeness (QED) is 0.863. The number of hydrogen-bond donors (Lipinski definition) is 1. The Labute approximate surface area is 110 Å². The van der Waals surface area contributed by atoms with Gasteiger partial charge in [-0.3, -0.25) is 0 Å². The summed E-state index contributed by atoms with van der Waals surface area (Å²) in [5.74, 6) is 0.583. The number of rotatable bonds is 6. The zero-order chi connectivity index (χ0) is 13.9. The van der Waals surface area contributed by atoms with E-state index in [0.29, 0.717) is 11.9 Å². The molecule has 1 saturated carbocycles. The minimum absolute atomic E-state index is 0.0734. The minimum atomic E-state index is -4.13. The third kappa shape index (κ3) is 5.06. The first-order valence-corrected chi connectivity index (χ1v) is 6.40. The number of hydrogen-bond acceptors (Lipinski definition) is 3. The molecule has 0 saturated heterocycles. The highest BCUT2D eigenvalue weighted by Gasteiger charge is 2.27. The largest absolute Gasteiger partial charge is 0.390 e. The summed E-state index contributed by atoms with van der Waals surface area (Å²) in [5, 5.41) is 3.37. The van der Waals surface area contributed by atoms with Crippen LogP contribution in [0.25, 0.3) is 0 Å². The van der Waals surface area contributed by atoms with Gasteiger partial charge in [0.25, 0.3) is 0 Å². The molecule has 1 N–H and O–H groups in total. The van der Waals surface area contributed by atoms with Gasteiger partial charge in [0.1, 0.15) is 5.82 Å². The molecule has 1 heterocycles. The van der Waals surface area contributed by atoms with Gasteiger partial charge < -0.3 is 10.2 Å². The van der Waals surface area contributed by atoms with E-state index >= 15 is 0 Å². The zero-order valence-corrected chi connectivity index (χ0v) is 10.9. The summed E-state index contributed by atoms with van der Waals surface area (Å²) >= 11 is 0. The molecule has 0 atom stereocenters. The molecule has 0 bridgehead atoms. The Bertz CT molecular complexity index is 416. The predicted octanol–water partition coefficient (Wildman–Crippen LogP) is 2.72. The van der Waals surface area contributed by atoms with Crippen molar-refractivity contribution in [1.82, 2.24) is 10.3 Å². The molecule has 1 aromatic rings. The summed E-state index contributed by atoms with van der Waals surface area (Å²) < 4.78 is 36.5. The number of alkyl halides is 3. The molecule has 0 spiro atoms. The van der Waals surface area contributed by atoms with Crippen molar-refractivity contribution < 1.29 is 13.2 Å². The lowest BCUT2D eigenvalue weighted by Gasteiger charge is -2.19. The Morgan fingerprint density at radius 1 is 1.42 bits per heavy atom. The highest BCUT2D eigenvalue weighted by Crippen LogP contribution is 2.22. The number of aromatic nitrogens is 1. The first-order valence-electron chi connectivity index (χ1n) is 6.40. The molecule has 106 valence electrons. The average molecular weight is 273 g/mol. The van der Waals surface area contributed by atoms with E-state index in [1.165, 1.54) is 17.7 Å². The summed E-state index contributed by atoms with van der Waals surface area (Å²) in [6.07, 6.45) is -0.884. The maximum Gasteiger partial charge on any atom is 0.390 e. The van der Waals surface area contributed by atoms with Gasteiger partial charge in [-0.2, -0.15) is 13.2 Å². The third-order valence-electron chi connectivity index (χ3n) is 3.10. The van der Waals surface area contributed by atoms with Crippen LogP contribution in [-0.4, -0.2) is 30.8 Å². The molecule has 6 heteroatoms. The Morgan fingerprint density at radius 3 is 2.79 bits per heavy atom. The number of halogens is 3. The molecule has 0 radical (unpaired) electrons. The van der Waals surface area contributed by atoms with Crippen LogP contribution in [0.2, 0.25) is 0 Å². The Hall–Kier alpha value is -1.30. The van der Waals surface area contributed by atoms with Crippen molar-refractivity contribution in [2.75, 3.05) is 18.5 Å². The zero-order valence-electron chi connectivity index (χ0n) is 10.9. The van der Waals surface area contributed by atoms with Crippen LogP contribution in [0.4, 0.5) is 19.0 Å². The molecule has 1 fully saturated rings. The molecule has 0 aliphatic heterocycles. The summed E-state index contributed by atoms with van der Waals surface area (Å²) in [7, 11) is 1.63. The van der Waals surface area contributed by atoms with Crippen LogP contribution < -0.4 is 10.2 Å². The van der Waals surface area contributed by atoms with Crippen molar-refractivity contribution >= 4 is 5.82 Å². The summed E-state index contributed by atoms with van der Waals surface area (Å²) in [5.41, 5.74) is 1.05. The second-order valence-electron chi connectivity index (χ2n) is 4.96. The minimum Gasteiger partial charge on any atom is -0.359 e. The van der Waals surface area contributed by atoms with Crippen LogP contribution in [0.3, 0.4) is 0 Å². The predicted molar refractivity (Wildman–Crippen MR) is 68.0 cm³/mol. The van der Waals surface area contributed by atoms with Gasteiger partial charge in [0.2, 0.25) is 0 Å². The van der Waals surface area contributed by atoms with Crippen molar-refractivity contribution in [3.8, 4) is 0 Å². The number of anilines is 1. The van der Waals surface area contributed by atoms with Crippen LogP contribution in [0, 0.1) is 0 Å². The van der Waals surface area contributed by atoms with Gasteiger partial charge in [0, 0.05) is 32.4 Å². The maximum absolute atomic E-state index is 12.2. The monoisotopic (exact) mass is 273 g/mol. The number of nitrogens with zero attached hydrogens (tertiary/aromatic N) is 2. The highest BCUT2D eigenvalue weighted by molar-refractivity contribution is 5.40. The molecule has 1 aromatic heterocycles. The topological polar surface area (TPSA) is 28.2 Å². The van der Waals surface area contributed by atoms with Gasteiger partial charge in [0.15, 0.2) is 0 Å². The first-order chi connectivity index (χ1) is 8.94. The Kier molecular flexibility index (Phi) is 4.29. The van der Waals surface area contributed by atoms with Gasteiger partial charge in [-0.15, -0.1) is 0 Å². The summed E-state index contributed by atoms with van der Waals surface area (Å²) in [6, 6.07) is 4.34. The lowest BCUT2D eigenvalue weighted by Crippen LogP contribution is -2.25. The lowest BCUT2D eigenvalue weighted by molar-refractivity contribution is -0.132. The fraction of sp³-hybridized carbons (Fsp3) is 0.615. The number of nitrogens with one attached hydrogen (secondary N) is 1. The smallest absolute Gasteiger partial charge is 0.359 e. The molecule has 19 heavy (non-hydrogen) atoms. The molecular weight excluding hydrogens is 255 g/mol. The SMILES string of the molecule is CN(CCC(F)(F)F)c1cc(CNC2CC2)ccn1. The van der Waals surface area contributed by atoms with Crippen LogP contribution in [-0.2, 0) is 6.54 Å². The maximum atomic E-state index is 12.2. The highest BCUT2D eigenvalue weighted by atomic mass is 19.4. The number of pyridine rings is 1. The summed E-state index contributed by atoms with van der Waals surface area (Å²) in [4.78, 5) is 5.65. The molecule has 0 amide bonds. The lowest BCUT2D eigenvalue weighted by atomic mass is 10.2. The van der Waals surface area contributed by atoms with Gasteiger partial charge in [-0.1, -0.05) is 0 Å². The Morgan fingerprint density at radius 2 is 2.16 bits per heavy atom. The van der Waals surface area contributed by atoms with Crippen molar-refractivity contribution in [3.05, 3.63) is 23.9 Å². The fourth-order valence-electron chi connectivity index (χ4n) is 1.74. The van der Waals surface area contributed by atoms with E-state index < -0.39 is 12.6 Å². The van der Waals surface area contributed by atoms with Crippen LogP contribution in [0.1, 0.15) is 24.8 Å². The third-order valence-corrected chi connectivity index (χ3v) is 3.10. The molecule has 0 unspecified atom stereocenters. The van der Waals surface area contributed by atoms with E-state index in [4.69, 9.17) is 0 Å². The molecule has 1 aliphatic carbocycles. The summed E-state index contributed by atoms with van der Waals surface area (Å²) in [6.45, 7) is 0.670. The van der Waals surface area contributed by atoms with E-state index in [1.54, 1.807) is 13.2 Å². The van der Waals surface area contributed by atoms with Gasteiger partial charge >= 0.3 is 6.18 Å². The van der Waals surface area contributed by atoms with Crippen LogP contribution >= 0.6 is 0 Å². The molecule has 0 aromatic carbocycles. The second kappa shape index (κ2) is 5.77. The van der Waals surface area contributed by atoms with Gasteiger partial charge in [0.05, 0.1) is 6.42 Å². The van der Waals surface area contributed by atoms with Crippen LogP contribution in [0.5, 0.6) is 0 Å². The molecule has 3 nitrogen and oxygen atoms in total. The van der Waals surface area contributed by atoms with Crippen molar-refractivity contribution in [3.63, 3.8) is 0 Å². The van der Waals surface area contributed by atoms with E-state index in [2.05, 4.69) is 10.3 Å². The van der Waals surface area contributed by atoms with Crippen molar-refractivity contribution in [2.24, 2.45) is 0 Å². The molecule has 1 aliphatic rings. The molecule has 2 rings (SSSR count).